The smallest absolute Gasteiger partial charge is 0.261 e. The largest absolute Gasteiger partial charge is 0.484 e. The van der Waals surface area contributed by atoms with Gasteiger partial charge in [0, 0.05) is 23.5 Å². The molecule has 0 fully saturated rings. The molecule has 0 aliphatic rings. The molecule has 8 heteroatoms. The predicted molar refractivity (Wildman–Crippen MR) is 146 cm³/mol. The molecular formula is C28H29Cl3N2O3. The average Bonchev–Trinajstić information content (AvgIpc) is 2.82. The van der Waals surface area contributed by atoms with Crippen LogP contribution in [0.4, 0.5) is 0 Å². The maximum absolute atomic E-state index is 13.6. The van der Waals surface area contributed by atoms with Crippen molar-refractivity contribution in [2.24, 2.45) is 0 Å². The van der Waals surface area contributed by atoms with E-state index in [1.807, 2.05) is 51.1 Å². The number of ether oxygens (including phenoxy) is 1. The Morgan fingerprint density at radius 1 is 0.889 bits per heavy atom. The van der Waals surface area contributed by atoms with Crippen molar-refractivity contribution in [2.45, 2.75) is 45.3 Å². The number of nitrogens with one attached hydrogen (secondary N) is 1. The SMILES string of the molecule is CC(C)(C)NC(=O)[C@H](Cc1ccccc1)N(Cc1ccc(Cl)c(Cl)c1)C(=O)COc1ccc(Cl)cc1. The minimum Gasteiger partial charge on any atom is -0.484 e. The fourth-order valence-electron chi connectivity index (χ4n) is 3.60. The van der Waals surface area contributed by atoms with E-state index in [-0.39, 0.29) is 25.0 Å². The van der Waals surface area contributed by atoms with Crippen LogP contribution in [0.15, 0.2) is 72.8 Å². The van der Waals surface area contributed by atoms with Crippen molar-refractivity contribution in [1.29, 1.82) is 0 Å². The summed E-state index contributed by atoms with van der Waals surface area (Å²) in [4.78, 5) is 28.6. The van der Waals surface area contributed by atoms with Crippen LogP contribution in [0.3, 0.4) is 0 Å². The zero-order valence-electron chi connectivity index (χ0n) is 20.4. The Labute approximate surface area is 227 Å². The Morgan fingerprint density at radius 2 is 1.56 bits per heavy atom. The average molecular weight is 548 g/mol. The summed E-state index contributed by atoms with van der Waals surface area (Å²) in [6.07, 6.45) is 0.330. The van der Waals surface area contributed by atoms with Crippen LogP contribution in [-0.4, -0.2) is 34.9 Å². The summed E-state index contributed by atoms with van der Waals surface area (Å²) in [5.74, 6) is -0.103. The molecule has 36 heavy (non-hydrogen) atoms. The number of hydrogen-bond donors (Lipinski definition) is 1. The van der Waals surface area contributed by atoms with Gasteiger partial charge in [-0.2, -0.15) is 0 Å². The van der Waals surface area contributed by atoms with E-state index in [1.54, 1.807) is 42.5 Å². The molecular weight excluding hydrogens is 519 g/mol. The van der Waals surface area contributed by atoms with Crippen LogP contribution in [0.1, 0.15) is 31.9 Å². The number of carbonyl (C=O) groups is 2. The highest BCUT2D eigenvalue weighted by molar-refractivity contribution is 6.42. The van der Waals surface area contributed by atoms with Gasteiger partial charge in [0.05, 0.1) is 10.0 Å². The van der Waals surface area contributed by atoms with Crippen molar-refractivity contribution in [3.8, 4) is 5.75 Å². The van der Waals surface area contributed by atoms with Crippen molar-refractivity contribution in [3.63, 3.8) is 0 Å². The molecule has 3 aromatic carbocycles. The summed E-state index contributed by atoms with van der Waals surface area (Å²) >= 11 is 18.3. The molecule has 1 N–H and O–H groups in total. The van der Waals surface area contributed by atoms with Gasteiger partial charge in [0.2, 0.25) is 5.91 Å². The van der Waals surface area contributed by atoms with Crippen molar-refractivity contribution in [2.75, 3.05) is 6.61 Å². The van der Waals surface area contributed by atoms with Gasteiger partial charge in [-0.3, -0.25) is 9.59 Å². The molecule has 0 aliphatic heterocycles. The van der Waals surface area contributed by atoms with E-state index in [0.29, 0.717) is 27.2 Å². The molecule has 1 atom stereocenters. The van der Waals surface area contributed by atoms with E-state index in [4.69, 9.17) is 39.5 Å². The Bertz CT molecular complexity index is 1180. The molecule has 3 rings (SSSR count). The Morgan fingerprint density at radius 3 is 2.17 bits per heavy atom. The first-order valence-corrected chi connectivity index (χ1v) is 12.6. The number of halogens is 3. The van der Waals surface area contributed by atoms with E-state index in [0.717, 1.165) is 11.1 Å². The van der Waals surface area contributed by atoms with E-state index >= 15 is 0 Å². The zero-order chi connectivity index (χ0) is 26.3. The zero-order valence-corrected chi connectivity index (χ0v) is 22.7. The molecule has 3 aromatic rings. The van der Waals surface area contributed by atoms with E-state index in [9.17, 15) is 9.59 Å². The molecule has 0 heterocycles. The van der Waals surface area contributed by atoms with E-state index < -0.39 is 11.6 Å². The fraction of sp³-hybridized carbons (Fsp3) is 0.286. The standard InChI is InChI=1S/C28H29Cl3N2O3/c1-28(2,3)32-27(35)25(16-19-7-5-4-6-8-19)33(17-20-9-14-23(30)24(31)15-20)26(34)18-36-22-12-10-21(29)11-13-22/h4-15,25H,16-18H2,1-3H3,(H,32,35)/t25-/m0/s1. The number of hydrogen-bond acceptors (Lipinski definition) is 3. The summed E-state index contributed by atoms with van der Waals surface area (Å²) in [5, 5.41) is 4.38. The van der Waals surface area contributed by atoms with Crippen LogP contribution >= 0.6 is 34.8 Å². The number of benzene rings is 3. The first-order valence-electron chi connectivity index (χ1n) is 11.5. The van der Waals surface area contributed by atoms with Crippen LogP contribution in [-0.2, 0) is 22.6 Å². The van der Waals surface area contributed by atoms with Crippen molar-refractivity contribution >= 4 is 46.6 Å². The molecule has 0 saturated heterocycles. The second-order valence-electron chi connectivity index (χ2n) is 9.46. The normalized spacial score (nSPS) is 12.1. The highest BCUT2D eigenvalue weighted by Gasteiger charge is 2.32. The number of amides is 2. The predicted octanol–water partition coefficient (Wildman–Crippen LogP) is 6.58. The van der Waals surface area contributed by atoms with Crippen molar-refractivity contribution in [1.82, 2.24) is 10.2 Å². The molecule has 0 aliphatic carbocycles. The van der Waals surface area contributed by atoms with Crippen LogP contribution in [0.25, 0.3) is 0 Å². The minimum atomic E-state index is -0.789. The third-order valence-electron chi connectivity index (χ3n) is 5.28. The lowest BCUT2D eigenvalue weighted by molar-refractivity contribution is -0.143. The third-order valence-corrected chi connectivity index (χ3v) is 6.27. The van der Waals surface area contributed by atoms with Gasteiger partial charge in [-0.15, -0.1) is 0 Å². The topological polar surface area (TPSA) is 58.6 Å². The van der Waals surface area contributed by atoms with Gasteiger partial charge in [0.1, 0.15) is 11.8 Å². The highest BCUT2D eigenvalue weighted by atomic mass is 35.5. The highest BCUT2D eigenvalue weighted by Crippen LogP contribution is 2.25. The number of nitrogens with zero attached hydrogens (tertiary/aromatic N) is 1. The molecule has 0 bridgehead atoms. The van der Waals surface area contributed by atoms with Crippen LogP contribution in [0, 0.1) is 0 Å². The Hall–Kier alpha value is -2.73. The molecule has 190 valence electrons. The Kier molecular flexibility index (Phi) is 9.66. The van der Waals surface area contributed by atoms with E-state index in [1.165, 1.54) is 4.90 Å². The molecule has 0 aromatic heterocycles. The van der Waals surface area contributed by atoms with Gasteiger partial charge in [-0.05, 0) is 68.3 Å². The second kappa shape index (κ2) is 12.5. The van der Waals surface area contributed by atoms with Gasteiger partial charge in [0.25, 0.3) is 5.91 Å². The summed E-state index contributed by atoms with van der Waals surface area (Å²) in [6, 6.07) is 20.7. The maximum atomic E-state index is 13.6. The summed E-state index contributed by atoms with van der Waals surface area (Å²) in [5.41, 5.74) is 1.19. The summed E-state index contributed by atoms with van der Waals surface area (Å²) in [6.45, 7) is 5.60. The lowest BCUT2D eigenvalue weighted by Crippen LogP contribution is -2.55. The fourth-order valence-corrected chi connectivity index (χ4v) is 4.05. The molecule has 2 amide bonds. The van der Waals surface area contributed by atoms with Gasteiger partial charge in [-0.25, -0.2) is 0 Å². The lowest BCUT2D eigenvalue weighted by Gasteiger charge is -2.33. The molecule has 5 nitrogen and oxygen atoms in total. The lowest BCUT2D eigenvalue weighted by atomic mass is 10.0. The molecule has 0 unspecified atom stereocenters. The number of carbonyl (C=O) groups excluding carboxylic acids is 2. The van der Waals surface area contributed by atoms with Gasteiger partial charge < -0.3 is 15.0 Å². The van der Waals surface area contributed by atoms with Gasteiger partial charge in [-0.1, -0.05) is 71.2 Å². The maximum Gasteiger partial charge on any atom is 0.261 e. The molecule has 0 spiro atoms. The van der Waals surface area contributed by atoms with Crippen LogP contribution < -0.4 is 10.1 Å². The first-order chi connectivity index (χ1) is 17.0. The van der Waals surface area contributed by atoms with Crippen LogP contribution in [0.5, 0.6) is 5.75 Å². The quantitative estimate of drug-likeness (QED) is 0.329. The van der Waals surface area contributed by atoms with Gasteiger partial charge >= 0.3 is 0 Å². The first kappa shape index (κ1) is 27.9. The minimum absolute atomic E-state index is 0.148. The summed E-state index contributed by atoms with van der Waals surface area (Å²) < 4.78 is 5.74. The monoisotopic (exact) mass is 546 g/mol. The molecule has 0 radical (unpaired) electrons. The van der Waals surface area contributed by atoms with Crippen molar-refractivity contribution < 1.29 is 14.3 Å². The third kappa shape index (κ3) is 8.44. The van der Waals surface area contributed by atoms with Gasteiger partial charge in [0.15, 0.2) is 6.61 Å². The number of rotatable bonds is 9. The Balaban J connectivity index is 1.94. The van der Waals surface area contributed by atoms with Crippen molar-refractivity contribution in [3.05, 3.63) is 99.0 Å². The summed E-state index contributed by atoms with van der Waals surface area (Å²) in [7, 11) is 0. The van der Waals surface area contributed by atoms with Crippen LogP contribution in [0.2, 0.25) is 15.1 Å². The second-order valence-corrected chi connectivity index (χ2v) is 10.7. The molecule has 0 saturated carbocycles. The van der Waals surface area contributed by atoms with E-state index in [2.05, 4.69) is 5.32 Å².